The Morgan fingerprint density at radius 2 is 2.09 bits per heavy atom. The molecule has 1 aliphatic rings. The minimum atomic E-state index is 0.0232. The number of likely N-dealkylation sites (tertiary alicyclic amines) is 1. The van der Waals surface area contributed by atoms with E-state index < -0.39 is 0 Å². The zero-order valence-corrected chi connectivity index (χ0v) is 13.9. The average Bonchev–Trinajstić information content (AvgIpc) is 2.49. The lowest BCUT2D eigenvalue weighted by Gasteiger charge is -2.30. The van der Waals surface area contributed by atoms with Crippen molar-refractivity contribution < 1.29 is 4.79 Å². The maximum atomic E-state index is 12.4. The van der Waals surface area contributed by atoms with Gasteiger partial charge in [0.05, 0.1) is 16.8 Å². The molecule has 1 aliphatic heterocycles. The van der Waals surface area contributed by atoms with E-state index in [0.717, 1.165) is 49.3 Å². The molecule has 1 heterocycles. The summed E-state index contributed by atoms with van der Waals surface area (Å²) in [5, 5.41) is 12.2. The minimum Gasteiger partial charge on any atom is -0.324 e. The van der Waals surface area contributed by atoms with Gasteiger partial charge in [0.25, 0.3) is 0 Å². The van der Waals surface area contributed by atoms with Gasteiger partial charge in [-0.15, -0.1) is 0 Å². The number of anilines is 1. The number of carbonyl (C=O) groups excluding carboxylic acids is 1. The van der Waals surface area contributed by atoms with E-state index in [1.165, 1.54) is 0 Å². The lowest BCUT2D eigenvalue weighted by Crippen LogP contribution is -2.38. The first-order valence-electron chi connectivity index (χ1n) is 7.68. The first-order chi connectivity index (χ1) is 10.5. The summed E-state index contributed by atoms with van der Waals surface area (Å²) in [7, 11) is 0. The molecule has 1 aromatic rings. The number of hydrogen-bond donors (Lipinski definition) is 1. The molecule has 118 valence electrons. The number of carbonyl (C=O) groups is 1. The van der Waals surface area contributed by atoms with E-state index in [-0.39, 0.29) is 11.8 Å². The summed E-state index contributed by atoms with van der Waals surface area (Å²) in [6.07, 6.45) is 2.22. The summed E-state index contributed by atoms with van der Waals surface area (Å²) in [5.74, 6) is 0.0730. The third-order valence-electron chi connectivity index (χ3n) is 4.18. The van der Waals surface area contributed by atoms with E-state index >= 15 is 0 Å². The van der Waals surface area contributed by atoms with Gasteiger partial charge in [0.1, 0.15) is 0 Å². The van der Waals surface area contributed by atoms with Crippen LogP contribution < -0.4 is 5.32 Å². The normalized spacial score (nSPS) is 16.3. The highest BCUT2D eigenvalue weighted by Crippen LogP contribution is 2.29. The lowest BCUT2D eigenvalue weighted by atomic mass is 9.95. The predicted octanol–water partition coefficient (Wildman–Crippen LogP) is 3.52. The summed E-state index contributed by atoms with van der Waals surface area (Å²) in [4.78, 5) is 14.7. The fourth-order valence-electron chi connectivity index (χ4n) is 2.93. The molecule has 1 amide bonds. The first-order valence-corrected chi connectivity index (χ1v) is 8.06. The number of aryl methyl sites for hydroxylation is 2. The number of halogens is 1. The molecule has 0 unspecified atom stereocenters. The Hall–Kier alpha value is -1.57. The predicted molar refractivity (Wildman–Crippen MR) is 88.9 cm³/mol. The van der Waals surface area contributed by atoms with Crippen molar-refractivity contribution in [3.63, 3.8) is 0 Å². The summed E-state index contributed by atoms with van der Waals surface area (Å²) in [6.45, 7) is 6.49. The zero-order valence-electron chi connectivity index (χ0n) is 13.2. The van der Waals surface area contributed by atoms with Crippen LogP contribution in [0.3, 0.4) is 0 Å². The molecule has 0 atom stereocenters. The van der Waals surface area contributed by atoms with Crippen LogP contribution in [0.5, 0.6) is 0 Å². The molecular formula is C17H22ClN3O. The number of hydrogen-bond acceptors (Lipinski definition) is 3. The Labute approximate surface area is 137 Å². The minimum absolute atomic E-state index is 0.0232. The number of amides is 1. The van der Waals surface area contributed by atoms with Crippen molar-refractivity contribution in [3.05, 3.63) is 28.3 Å². The van der Waals surface area contributed by atoms with Crippen LogP contribution >= 0.6 is 11.6 Å². The van der Waals surface area contributed by atoms with Crippen LogP contribution in [0, 0.1) is 31.1 Å². The largest absolute Gasteiger partial charge is 0.324 e. The molecular weight excluding hydrogens is 298 g/mol. The van der Waals surface area contributed by atoms with Crippen LogP contribution in [0.15, 0.2) is 12.1 Å². The van der Waals surface area contributed by atoms with Gasteiger partial charge in [0, 0.05) is 18.9 Å². The first kappa shape index (κ1) is 16.8. The van der Waals surface area contributed by atoms with Gasteiger partial charge in [-0.2, -0.15) is 5.26 Å². The molecule has 2 rings (SSSR count). The van der Waals surface area contributed by atoms with Gasteiger partial charge in [-0.3, -0.25) is 4.79 Å². The molecule has 5 heteroatoms. The van der Waals surface area contributed by atoms with E-state index in [4.69, 9.17) is 16.9 Å². The number of rotatable bonds is 4. The molecule has 0 aromatic heterocycles. The molecule has 1 N–H and O–H groups in total. The maximum Gasteiger partial charge on any atom is 0.227 e. The molecule has 0 aliphatic carbocycles. The summed E-state index contributed by atoms with van der Waals surface area (Å²) in [5.41, 5.74) is 2.81. The van der Waals surface area contributed by atoms with Crippen LogP contribution in [-0.2, 0) is 4.79 Å². The molecule has 0 spiro atoms. The van der Waals surface area contributed by atoms with Gasteiger partial charge < -0.3 is 10.2 Å². The van der Waals surface area contributed by atoms with Crippen LogP contribution in [0.1, 0.15) is 30.4 Å². The van der Waals surface area contributed by atoms with E-state index in [1.807, 2.05) is 26.0 Å². The number of nitrogens with one attached hydrogen (secondary N) is 1. The second kappa shape index (κ2) is 7.62. The average molecular weight is 320 g/mol. The fraction of sp³-hybridized carbons (Fsp3) is 0.529. The Balaban J connectivity index is 1.93. The fourth-order valence-corrected chi connectivity index (χ4v) is 3.29. The maximum absolute atomic E-state index is 12.4. The Bertz CT molecular complexity index is 563. The van der Waals surface area contributed by atoms with Crippen molar-refractivity contribution in [2.75, 3.05) is 25.0 Å². The topological polar surface area (TPSA) is 56.1 Å². The molecule has 4 nitrogen and oxygen atoms in total. The summed E-state index contributed by atoms with van der Waals surface area (Å²) >= 11 is 6.24. The standard InChI is InChI=1S/C17H22ClN3O/c1-12-10-13(2)16(15(18)11-12)20-17(22)14-4-8-21(9-5-14)7-3-6-19/h10-11,14H,3-5,7-9H2,1-2H3,(H,20,22). The van der Waals surface area contributed by atoms with Crippen molar-refractivity contribution >= 4 is 23.2 Å². The number of benzene rings is 1. The van der Waals surface area contributed by atoms with Gasteiger partial charge in [0.15, 0.2) is 0 Å². The van der Waals surface area contributed by atoms with Crippen molar-refractivity contribution in [1.29, 1.82) is 5.26 Å². The quantitative estimate of drug-likeness (QED) is 0.923. The van der Waals surface area contributed by atoms with Crippen molar-refractivity contribution in [2.24, 2.45) is 5.92 Å². The summed E-state index contributed by atoms with van der Waals surface area (Å²) < 4.78 is 0. The highest BCUT2D eigenvalue weighted by Gasteiger charge is 2.25. The third-order valence-corrected chi connectivity index (χ3v) is 4.48. The highest BCUT2D eigenvalue weighted by molar-refractivity contribution is 6.34. The van der Waals surface area contributed by atoms with Crippen LogP contribution in [0.4, 0.5) is 5.69 Å². The molecule has 0 bridgehead atoms. The number of nitrogens with zero attached hydrogens (tertiary/aromatic N) is 2. The van der Waals surface area contributed by atoms with Crippen LogP contribution in [-0.4, -0.2) is 30.4 Å². The molecule has 22 heavy (non-hydrogen) atoms. The van der Waals surface area contributed by atoms with Crippen molar-refractivity contribution in [1.82, 2.24) is 4.90 Å². The monoisotopic (exact) mass is 319 g/mol. The molecule has 0 radical (unpaired) electrons. The molecule has 1 fully saturated rings. The zero-order chi connectivity index (χ0) is 16.1. The SMILES string of the molecule is Cc1cc(C)c(NC(=O)C2CCN(CCC#N)CC2)c(Cl)c1. The second-order valence-electron chi connectivity index (χ2n) is 5.95. The van der Waals surface area contributed by atoms with Gasteiger partial charge in [0.2, 0.25) is 5.91 Å². The lowest BCUT2D eigenvalue weighted by molar-refractivity contribution is -0.121. The molecule has 1 aromatic carbocycles. The van der Waals surface area contributed by atoms with E-state index in [0.29, 0.717) is 11.4 Å². The van der Waals surface area contributed by atoms with E-state index in [1.54, 1.807) is 0 Å². The smallest absolute Gasteiger partial charge is 0.227 e. The van der Waals surface area contributed by atoms with Crippen molar-refractivity contribution in [2.45, 2.75) is 33.1 Å². The van der Waals surface area contributed by atoms with Gasteiger partial charge in [-0.25, -0.2) is 0 Å². The summed E-state index contributed by atoms with van der Waals surface area (Å²) in [6, 6.07) is 6.05. The Kier molecular flexibility index (Phi) is 5.82. The van der Waals surface area contributed by atoms with Crippen LogP contribution in [0.2, 0.25) is 5.02 Å². The molecule has 1 saturated heterocycles. The Morgan fingerprint density at radius 3 is 2.68 bits per heavy atom. The van der Waals surface area contributed by atoms with Gasteiger partial charge in [-0.1, -0.05) is 17.7 Å². The van der Waals surface area contributed by atoms with Gasteiger partial charge in [-0.05, 0) is 57.0 Å². The third kappa shape index (κ3) is 4.22. The number of piperidine rings is 1. The Morgan fingerprint density at radius 1 is 1.41 bits per heavy atom. The van der Waals surface area contributed by atoms with Gasteiger partial charge >= 0.3 is 0 Å². The second-order valence-corrected chi connectivity index (χ2v) is 6.36. The number of nitriles is 1. The molecule has 0 saturated carbocycles. The van der Waals surface area contributed by atoms with E-state index in [2.05, 4.69) is 16.3 Å². The highest BCUT2D eigenvalue weighted by atomic mass is 35.5. The van der Waals surface area contributed by atoms with Crippen LogP contribution in [0.25, 0.3) is 0 Å². The van der Waals surface area contributed by atoms with Crippen molar-refractivity contribution in [3.8, 4) is 6.07 Å². The van der Waals surface area contributed by atoms with E-state index in [9.17, 15) is 4.79 Å².